The Hall–Kier alpha value is -1.71. The number of ether oxygens (including phenoxy) is 2. The number of hydrogen-bond acceptors (Lipinski definition) is 8. The number of carboxylic acid groups (broad SMARTS) is 1. The van der Waals surface area contributed by atoms with Gasteiger partial charge in [-0.05, 0) is 66.3 Å². The van der Waals surface area contributed by atoms with Crippen LogP contribution in [-0.2, 0) is 23.9 Å². The van der Waals surface area contributed by atoms with Crippen LogP contribution in [0.15, 0.2) is 0 Å². The Labute approximate surface area is 218 Å². The minimum Gasteiger partial charge on any atom is -0.481 e. The molecule has 0 saturated carbocycles. The standard InChI is InChI=1S/C27H51N3O6/c1-25(2,3)12-13-28-14-15-29(20-23(33)35-26(4,5)6)17-19-30(18-16-28)21(10-11-22(31)32)24(34)36-27(7,8)9/h21H,10-20H2,1-9H3,(H,31,32). The third kappa shape index (κ3) is 14.8. The van der Waals surface area contributed by atoms with Gasteiger partial charge in [-0.25, -0.2) is 0 Å². The highest BCUT2D eigenvalue weighted by atomic mass is 16.6. The van der Waals surface area contributed by atoms with Gasteiger partial charge in [-0.3, -0.25) is 24.2 Å². The lowest BCUT2D eigenvalue weighted by atomic mass is 9.92. The van der Waals surface area contributed by atoms with E-state index in [1.165, 1.54) is 0 Å². The monoisotopic (exact) mass is 513 g/mol. The molecule has 1 aliphatic heterocycles. The second-order valence-electron chi connectivity index (χ2n) is 13.0. The van der Waals surface area contributed by atoms with E-state index in [1.807, 2.05) is 46.4 Å². The van der Waals surface area contributed by atoms with E-state index >= 15 is 0 Å². The predicted octanol–water partition coefficient (Wildman–Crippen LogP) is 3.26. The molecule has 0 bridgehead atoms. The van der Waals surface area contributed by atoms with Gasteiger partial charge in [-0.1, -0.05) is 20.8 Å². The molecule has 1 N–H and O–H groups in total. The fourth-order valence-corrected chi connectivity index (χ4v) is 3.98. The zero-order valence-corrected chi connectivity index (χ0v) is 24.2. The highest BCUT2D eigenvalue weighted by Gasteiger charge is 2.32. The van der Waals surface area contributed by atoms with E-state index in [0.29, 0.717) is 26.2 Å². The van der Waals surface area contributed by atoms with E-state index in [0.717, 1.165) is 26.1 Å². The molecule has 9 heteroatoms. The average Bonchev–Trinajstić information content (AvgIpc) is 2.74. The van der Waals surface area contributed by atoms with Crippen LogP contribution in [0.4, 0.5) is 0 Å². The first kappa shape index (κ1) is 32.3. The summed E-state index contributed by atoms with van der Waals surface area (Å²) in [6.45, 7) is 22.7. The SMILES string of the molecule is CC(C)(C)CCN1CCN(CC(=O)OC(C)(C)C)CCN(C(CCC(=O)O)C(=O)OC(C)(C)C)CC1. The van der Waals surface area contributed by atoms with E-state index in [-0.39, 0.29) is 30.8 Å². The van der Waals surface area contributed by atoms with Crippen molar-refractivity contribution in [3.8, 4) is 0 Å². The summed E-state index contributed by atoms with van der Waals surface area (Å²) in [6.07, 6.45) is 1.08. The van der Waals surface area contributed by atoms with Crippen molar-refractivity contribution in [3.05, 3.63) is 0 Å². The van der Waals surface area contributed by atoms with Crippen molar-refractivity contribution >= 4 is 17.9 Å². The maximum absolute atomic E-state index is 13.2. The molecule has 0 aromatic carbocycles. The Morgan fingerprint density at radius 1 is 0.778 bits per heavy atom. The maximum atomic E-state index is 13.2. The van der Waals surface area contributed by atoms with E-state index < -0.39 is 29.2 Å². The summed E-state index contributed by atoms with van der Waals surface area (Å²) in [5.74, 6) is -1.61. The molecule has 210 valence electrons. The number of hydrogen-bond donors (Lipinski definition) is 1. The summed E-state index contributed by atoms with van der Waals surface area (Å²) in [5.41, 5.74) is -1.03. The molecule has 1 aliphatic rings. The molecule has 1 heterocycles. The largest absolute Gasteiger partial charge is 0.481 e. The van der Waals surface area contributed by atoms with E-state index in [9.17, 15) is 19.5 Å². The molecule has 0 aromatic rings. The lowest BCUT2D eigenvalue weighted by molar-refractivity contribution is -0.162. The van der Waals surface area contributed by atoms with Gasteiger partial charge in [-0.2, -0.15) is 0 Å². The van der Waals surface area contributed by atoms with Crippen LogP contribution in [0.5, 0.6) is 0 Å². The third-order valence-electron chi connectivity index (χ3n) is 5.84. The fraction of sp³-hybridized carbons (Fsp3) is 0.889. The lowest BCUT2D eigenvalue weighted by Gasteiger charge is -2.34. The first-order valence-corrected chi connectivity index (χ1v) is 13.2. The van der Waals surface area contributed by atoms with Gasteiger partial charge in [-0.15, -0.1) is 0 Å². The van der Waals surface area contributed by atoms with Crippen molar-refractivity contribution < 1.29 is 29.0 Å². The first-order valence-electron chi connectivity index (χ1n) is 13.2. The number of aliphatic carboxylic acids is 1. The van der Waals surface area contributed by atoms with Gasteiger partial charge in [0.25, 0.3) is 0 Å². The lowest BCUT2D eigenvalue weighted by Crippen LogP contribution is -2.49. The molecular formula is C27H51N3O6. The summed E-state index contributed by atoms with van der Waals surface area (Å²) in [6, 6.07) is -0.661. The number of nitrogens with zero attached hydrogens (tertiary/aromatic N) is 3. The summed E-state index contributed by atoms with van der Waals surface area (Å²) >= 11 is 0. The fourth-order valence-electron chi connectivity index (χ4n) is 3.98. The molecule has 36 heavy (non-hydrogen) atoms. The van der Waals surface area contributed by atoms with Crippen molar-refractivity contribution in [2.75, 3.05) is 52.4 Å². The highest BCUT2D eigenvalue weighted by Crippen LogP contribution is 2.20. The van der Waals surface area contributed by atoms with Gasteiger partial charge in [0.15, 0.2) is 0 Å². The summed E-state index contributed by atoms with van der Waals surface area (Å²) in [4.78, 5) is 43.6. The van der Waals surface area contributed by atoms with Gasteiger partial charge >= 0.3 is 17.9 Å². The molecule has 1 unspecified atom stereocenters. The van der Waals surface area contributed by atoms with Crippen molar-refractivity contribution in [3.63, 3.8) is 0 Å². The molecule has 0 aliphatic carbocycles. The van der Waals surface area contributed by atoms with Crippen molar-refractivity contribution in [1.82, 2.24) is 14.7 Å². The molecule has 0 radical (unpaired) electrons. The van der Waals surface area contributed by atoms with E-state index in [2.05, 4.69) is 30.6 Å². The molecule has 0 aromatic heterocycles. The average molecular weight is 514 g/mol. The van der Waals surface area contributed by atoms with E-state index in [4.69, 9.17) is 9.47 Å². The maximum Gasteiger partial charge on any atom is 0.323 e. The number of carboxylic acids is 1. The number of rotatable bonds is 9. The van der Waals surface area contributed by atoms with Crippen LogP contribution in [0.2, 0.25) is 0 Å². The topological polar surface area (TPSA) is 99.6 Å². The smallest absolute Gasteiger partial charge is 0.323 e. The van der Waals surface area contributed by atoms with Crippen LogP contribution in [0.1, 0.15) is 81.6 Å². The Morgan fingerprint density at radius 3 is 1.78 bits per heavy atom. The number of carbonyl (C=O) groups excluding carboxylic acids is 2. The van der Waals surface area contributed by atoms with Crippen LogP contribution in [0.25, 0.3) is 0 Å². The summed E-state index contributed by atoms with van der Waals surface area (Å²) in [5, 5.41) is 9.30. The molecular weight excluding hydrogens is 462 g/mol. The Kier molecular flexibility index (Phi) is 12.3. The van der Waals surface area contributed by atoms with Crippen LogP contribution in [0.3, 0.4) is 0 Å². The molecule has 1 rings (SSSR count). The molecule has 1 fully saturated rings. The molecule has 0 spiro atoms. The summed E-state index contributed by atoms with van der Waals surface area (Å²) < 4.78 is 11.2. The van der Waals surface area contributed by atoms with Gasteiger partial charge in [0.05, 0.1) is 6.54 Å². The second-order valence-corrected chi connectivity index (χ2v) is 13.0. The van der Waals surface area contributed by atoms with Gasteiger partial charge in [0, 0.05) is 45.7 Å². The van der Waals surface area contributed by atoms with Crippen molar-refractivity contribution in [2.45, 2.75) is 98.8 Å². The first-order chi connectivity index (χ1) is 16.3. The van der Waals surface area contributed by atoms with Gasteiger partial charge < -0.3 is 19.5 Å². The number of esters is 2. The van der Waals surface area contributed by atoms with Gasteiger partial charge in [0.2, 0.25) is 0 Å². The Bertz CT molecular complexity index is 720. The molecule has 9 nitrogen and oxygen atoms in total. The summed E-state index contributed by atoms with van der Waals surface area (Å²) in [7, 11) is 0. The Balaban J connectivity index is 3.12. The Morgan fingerprint density at radius 2 is 1.28 bits per heavy atom. The van der Waals surface area contributed by atoms with Crippen LogP contribution >= 0.6 is 0 Å². The van der Waals surface area contributed by atoms with Crippen LogP contribution < -0.4 is 0 Å². The van der Waals surface area contributed by atoms with Crippen molar-refractivity contribution in [2.24, 2.45) is 5.41 Å². The highest BCUT2D eigenvalue weighted by molar-refractivity contribution is 5.77. The van der Waals surface area contributed by atoms with Crippen LogP contribution in [0, 0.1) is 5.41 Å². The van der Waals surface area contributed by atoms with E-state index in [1.54, 1.807) is 0 Å². The van der Waals surface area contributed by atoms with Crippen molar-refractivity contribution in [1.29, 1.82) is 0 Å². The normalized spacial score (nSPS) is 18.6. The molecule has 0 amide bonds. The quantitative estimate of drug-likeness (QED) is 0.466. The predicted molar refractivity (Wildman–Crippen MR) is 141 cm³/mol. The minimum atomic E-state index is -0.939. The zero-order chi connectivity index (χ0) is 27.7. The second kappa shape index (κ2) is 13.7. The van der Waals surface area contributed by atoms with Crippen LogP contribution in [-0.4, -0.2) is 107 Å². The molecule has 1 saturated heterocycles. The zero-order valence-electron chi connectivity index (χ0n) is 24.2. The third-order valence-corrected chi connectivity index (χ3v) is 5.84. The van der Waals surface area contributed by atoms with Gasteiger partial charge in [0.1, 0.15) is 17.2 Å². The number of carbonyl (C=O) groups is 3. The molecule has 1 atom stereocenters. The minimum absolute atomic E-state index is 0.115.